The van der Waals surface area contributed by atoms with Crippen LogP contribution in [0.2, 0.25) is 5.02 Å². The number of hydrogen-bond acceptors (Lipinski definition) is 9. The van der Waals surface area contributed by atoms with Gasteiger partial charge >= 0.3 is 12.2 Å². The van der Waals surface area contributed by atoms with Crippen LogP contribution >= 0.6 is 11.6 Å². The Kier molecular flexibility index (Phi) is 5.62. The zero-order valence-electron chi connectivity index (χ0n) is 19.2. The lowest BCUT2D eigenvalue weighted by atomic mass is 9.57. The monoisotopic (exact) mass is 516 g/mol. The van der Waals surface area contributed by atoms with Gasteiger partial charge in [0.1, 0.15) is 5.75 Å². The number of aromatic hydroxyl groups is 1. The van der Waals surface area contributed by atoms with E-state index in [-0.39, 0.29) is 29.2 Å². The number of phenols is 1. The second-order valence-electron chi connectivity index (χ2n) is 9.19. The number of ether oxygens (including phenoxy) is 2. The molecule has 2 aliphatic carbocycles. The van der Waals surface area contributed by atoms with Crippen LogP contribution in [-0.4, -0.2) is 64.9 Å². The molecule has 2 heterocycles. The van der Waals surface area contributed by atoms with Gasteiger partial charge in [0.25, 0.3) is 0 Å². The molecule has 0 unspecified atom stereocenters. The Morgan fingerprint density at radius 1 is 0.889 bits per heavy atom. The number of hydrogen-bond donors (Lipinski definition) is 1. The van der Waals surface area contributed by atoms with Crippen LogP contribution in [0.5, 0.6) is 5.75 Å². The number of carbonyl (C=O) groups is 6. The number of fused-ring (bicyclic) bond motifs is 4. The molecule has 6 atom stereocenters. The van der Waals surface area contributed by atoms with E-state index in [9.17, 15) is 33.9 Å². The number of rotatable bonds is 1. The maximum Gasteiger partial charge on any atom is 0.423 e. The molecule has 6 amide bonds. The molecule has 3 fully saturated rings. The van der Waals surface area contributed by atoms with Gasteiger partial charge in [0.2, 0.25) is 23.6 Å². The van der Waals surface area contributed by atoms with Gasteiger partial charge < -0.3 is 14.6 Å². The molecule has 2 saturated heterocycles. The first-order chi connectivity index (χ1) is 17.1. The summed E-state index contributed by atoms with van der Waals surface area (Å²) in [5, 5.41) is 11.0. The minimum Gasteiger partial charge on any atom is -0.508 e. The number of nitrogens with zero attached hydrogens (tertiary/aromatic N) is 2. The van der Waals surface area contributed by atoms with Crippen molar-refractivity contribution in [2.24, 2.45) is 29.6 Å². The summed E-state index contributed by atoms with van der Waals surface area (Å²) in [6.07, 6.45) is -0.416. The molecule has 2 aliphatic heterocycles. The Bertz CT molecular complexity index is 1270. The molecule has 1 N–H and O–H groups in total. The SMILES string of the molecule is COC(=O)N1C(=O)[C@H]2[C@H](CC=C3[C@H]2C[C@H]2C(=O)N(C(=O)OC)C(=O)[C@H]2[C@H]3c2cc(Cl)ccc2O)C1=O. The Balaban J connectivity index is 1.66. The molecule has 11 nitrogen and oxygen atoms in total. The number of halogens is 1. The molecule has 0 spiro atoms. The van der Waals surface area contributed by atoms with E-state index < -0.39 is 71.3 Å². The van der Waals surface area contributed by atoms with E-state index in [2.05, 4.69) is 9.47 Å². The molecule has 1 saturated carbocycles. The minimum absolute atomic E-state index is 0.0123. The van der Waals surface area contributed by atoms with E-state index in [1.54, 1.807) is 6.08 Å². The average Bonchev–Trinajstić information content (AvgIpc) is 3.27. The summed E-state index contributed by atoms with van der Waals surface area (Å²) in [7, 11) is 2.10. The van der Waals surface area contributed by atoms with Gasteiger partial charge in [-0.3, -0.25) is 19.2 Å². The predicted octanol–water partition coefficient (Wildman–Crippen LogP) is 2.21. The van der Waals surface area contributed by atoms with Crippen LogP contribution in [0.1, 0.15) is 24.3 Å². The zero-order chi connectivity index (χ0) is 26.0. The van der Waals surface area contributed by atoms with E-state index in [1.807, 2.05) is 0 Å². The number of phenolic OH excluding ortho intramolecular Hbond substituents is 1. The summed E-state index contributed by atoms with van der Waals surface area (Å²) in [6.45, 7) is 0. The van der Waals surface area contributed by atoms with Crippen molar-refractivity contribution in [3.8, 4) is 5.75 Å². The summed E-state index contributed by atoms with van der Waals surface area (Å²) in [6, 6.07) is 4.28. The van der Waals surface area contributed by atoms with Gasteiger partial charge in [-0.1, -0.05) is 23.3 Å². The second kappa shape index (κ2) is 8.44. The normalized spacial score (nSPS) is 31.0. The van der Waals surface area contributed by atoms with E-state index >= 15 is 0 Å². The van der Waals surface area contributed by atoms with Crippen molar-refractivity contribution in [3.63, 3.8) is 0 Å². The topological polar surface area (TPSA) is 148 Å². The third kappa shape index (κ3) is 3.18. The van der Waals surface area contributed by atoms with E-state index in [1.165, 1.54) is 18.2 Å². The molecule has 188 valence electrons. The summed E-state index contributed by atoms with van der Waals surface area (Å²) >= 11 is 6.20. The van der Waals surface area contributed by atoms with Crippen molar-refractivity contribution < 1.29 is 43.3 Å². The molecule has 1 aromatic rings. The second-order valence-corrected chi connectivity index (χ2v) is 9.63. The summed E-state index contributed by atoms with van der Waals surface area (Å²) in [5.74, 6) is -8.74. The first-order valence-electron chi connectivity index (χ1n) is 11.2. The number of allylic oxidation sites excluding steroid dienone is 2. The Hall–Kier alpha value is -3.73. The van der Waals surface area contributed by atoms with Gasteiger partial charge in [-0.25, -0.2) is 9.59 Å². The zero-order valence-corrected chi connectivity index (χ0v) is 19.9. The third-order valence-electron chi connectivity index (χ3n) is 7.69. The Morgan fingerprint density at radius 2 is 1.47 bits per heavy atom. The Morgan fingerprint density at radius 3 is 2.08 bits per heavy atom. The molecule has 36 heavy (non-hydrogen) atoms. The van der Waals surface area contributed by atoms with E-state index in [0.717, 1.165) is 14.2 Å². The van der Waals surface area contributed by atoms with Crippen molar-refractivity contribution in [2.45, 2.75) is 18.8 Å². The summed E-state index contributed by atoms with van der Waals surface area (Å²) < 4.78 is 9.25. The molecule has 0 bridgehead atoms. The van der Waals surface area contributed by atoms with Crippen molar-refractivity contribution in [1.82, 2.24) is 9.80 Å². The highest BCUT2D eigenvalue weighted by atomic mass is 35.5. The fourth-order valence-corrected chi connectivity index (χ4v) is 6.43. The fourth-order valence-electron chi connectivity index (χ4n) is 6.25. The largest absolute Gasteiger partial charge is 0.508 e. The lowest BCUT2D eigenvalue weighted by Gasteiger charge is -2.44. The van der Waals surface area contributed by atoms with Crippen molar-refractivity contribution in [3.05, 3.63) is 40.4 Å². The summed E-state index contributed by atoms with van der Waals surface area (Å²) in [5.41, 5.74) is 0.817. The van der Waals surface area contributed by atoms with E-state index in [4.69, 9.17) is 11.6 Å². The smallest absolute Gasteiger partial charge is 0.423 e. The first kappa shape index (κ1) is 24.0. The summed E-state index contributed by atoms with van der Waals surface area (Å²) in [4.78, 5) is 78.3. The fraction of sp³-hybridized carbons (Fsp3) is 0.417. The maximum absolute atomic E-state index is 13.4. The first-order valence-corrected chi connectivity index (χ1v) is 11.6. The molecule has 12 heteroatoms. The molecular weight excluding hydrogens is 496 g/mol. The number of likely N-dealkylation sites (tertiary alicyclic amines) is 2. The number of imide groups is 6. The number of benzene rings is 1. The molecule has 5 rings (SSSR count). The molecule has 0 radical (unpaired) electrons. The highest BCUT2D eigenvalue weighted by Gasteiger charge is 2.64. The average molecular weight is 517 g/mol. The predicted molar refractivity (Wildman–Crippen MR) is 119 cm³/mol. The quantitative estimate of drug-likeness (QED) is 0.438. The van der Waals surface area contributed by atoms with Crippen LogP contribution in [0, 0.1) is 29.6 Å². The standard InChI is InChI=1S/C24H21ClN2O9/c1-35-23(33)26-19(29)11-5-4-10-12(17(11)21(26)31)8-14-18(22(32)27(20(14)30)24(34)36-2)16(10)13-7-9(25)3-6-15(13)28/h3-4,6-7,11-12,14,16-18,28H,5,8H2,1-2H3/t11-,12+,14+,16+,17-,18+/m0/s1. The Labute approximate surface area is 209 Å². The maximum atomic E-state index is 13.4. The van der Waals surface area contributed by atoms with Crippen molar-refractivity contribution in [1.29, 1.82) is 0 Å². The minimum atomic E-state index is -1.13. The molecule has 0 aromatic heterocycles. The van der Waals surface area contributed by atoms with Crippen LogP contribution in [0.25, 0.3) is 0 Å². The van der Waals surface area contributed by atoms with Crippen molar-refractivity contribution in [2.75, 3.05) is 14.2 Å². The molecule has 1 aromatic carbocycles. The van der Waals surface area contributed by atoms with Gasteiger partial charge in [0.15, 0.2) is 0 Å². The lowest BCUT2D eigenvalue weighted by molar-refractivity contribution is -0.139. The van der Waals surface area contributed by atoms with Crippen LogP contribution in [0.15, 0.2) is 29.8 Å². The highest BCUT2D eigenvalue weighted by molar-refractivity contribution is 6.30. The van der Waals surface area contributed by atoms with Crippen LogP contribution in [0.3, 0.4) is 0 Å². The number of amides is 6. The third-order valence-corrected chi connectivity index (χ3v) is 7.92. The lowest BCUT2D eigenvalue weighted by Crippen LogP contribution is -2.43. The highest BCUT2D eigenvalue weighted by Crippen LogP contribution is 2.59. The van der Waals surface area contributed by atoms with Gasteiger partial charge in [0, 0.05) is 16.5 Å². The van der Waals surface area contributed by atoms with Crippen LogP contribution in [0.4, 0.5) is 9.59 Å². The van der Waals surface area contributed by atoms with Crippen LogP contribution in [-0.2, 0) is 28.7 Å². The van der Waals surface area contributed by atoms with Gasteiger partial charge in [0.05, 0.1) is 37.9 Å². The van der Waals surface area contributed by atoms with Gasteiger partial charge in [-0.05, 0) is 37.0 Å². The number of carbonyl (C=O) groups excluding carboxylic acids is 6. The molecular formula is C24H21ClN2O9. The van der Waals surface area contributed by atoms with Crippen LogP contribution < -0.4 is 0 Å². The van der Waals surface area contributed by atoms with Gasteiger partial charge in [-0.15, -0.1) is 0 Å². The van der Waals surface area contributed by atoms with Gasteiger partial charge in [-0.2, -0.15) is 9.80 Å². The van der Waals surface area contributed by atoms with E-state index in [0.29, 0.717) is 15.4 Å². The molecule has 4 aliphatic rings. The number of methoxy groups -OCH3 is 2. The van der Waals surface area contributed by atoms with Crippen molar-refractivity contribution >= 4 is 47.4 Å².